The van der Waals surface area contributed by atoms with Crippen molar-refractivity contribution in [1.29, 1.82) is 0 Å². The van der Waals surface area contributed by atoms with Crippen LogP contribution in [0.1, 0.15) is 5.56 Å². The molecule has 0 saturated heterocycles. The van der Waals surface area contributed by atoms with E-state index in [4.69, 9.17) is 21.8 Å². The van der Waals surface area contributed by atoms with Crippen molar-refractivity contribution in [2.24, 2.45) is 0 Å². The molecule has 4 nitrogen and oxygen atoms in total. The molecule has 96 valence electrons. The van der Waals surface area contributed by atoms with Gasteiger partial charge < -0.3 is 10.2 Å². The summed E-state index contributed by atoms with van der Waals surface area (Å²) in [5.41, 5.74) is 8.39. The van der Waals surface area contributed by atoms with Gasteiger partial charge in [-0.15, -0.1) is 0 Å². The van der Waals surface area contributed by atoms with Crippen LogP contribution in [0.4, 0.5) is 5.69 Å². The van der Waals surface area contributed by atoms with E-state index in [1.54, 1.807) is 28.8 Å². The van der Waals surface area contributed by atoms with Gasteiger partial charge in [0.15, 0.2) is 5.58 Å². The summed E-state index contributed by atoms with van der Waals surface area (Å²) in [6, 6.07) is 12.5. The van der Waals surface area contributed by atoms with Gasteiger partial charge in [-0.05, 0) is 29.8 Å². The van der Waals surface area contributed by atoms with Crippen LogP contribution in [-0.2, 0) is 6.54 Å². The molecule has 19 heavy (non-hydrogen) atoms. The van der Waals surface area contributed by atoms with Crippen LogP contribution in [0.25, 0.3) is 11.1 Å². The van der Waals surface area contributed by atoms with Gasteiger partial charge in [0, 0.05) is 16.8 Å². The number of hydrogen-bond donors (Lipinski definition) is 1. The van der Waals surface area contributed by atoms with Gasteiger partial charge >= 0.3 is 5.76 Å². The Hall–Kier alpha value is -2.20. The monoisotopic (exact) mass is 274 g/mol. The SMILES string of the molecule is Nc1ccc2c(c1)oc(=O)n2Cc1cccc(Cl)c1. The summed E-state index contributed by atoms with van der Waals surface area (Å²) in [5.74, 6) is -0.402. The fraction of sp³-hybridized carbons (Fsp3) is 0.0714. The Balaban J connectivity index is 2.10. The highest BCUT2D eigenvalue weighted by Crippen LogP contribution is 2.18. The molecule has 0 radical (unpaired) electrons. The number of hydrogen-bond acceptors (Lipinski definition) is 3. The molecule has 0 bridgehead atoms. The smallest absolute Gasteiger partial charge is 0.408 e. The number of fused-ring (bicyclic) bond motifs is 1. The van der Waals surface area contributed by atoms with Crippen molar-refractivity contribution in [1.82, 2.24) is 4.57 Å². The summed E-state index contributed by atoms with van der Waals surface area (Å²) in [7, 11) is 0. The van der Waals surface area contributed by atoms with Crippen molar-refractivity contribution >= 4 is 28.4 Å². The summed E-state index contributed by atoms with van der Waals surface area (Å²) in [6.07, 6.45) is 0. The first-order valence-corrected chi connectivity index (χ1v) is 6.14. The number of anilines is 1. The van der Waals surface area contributed by atoms with Gasteiger partial charge in [-0.2, -0.15) is 0 Å². The lowest BCUT2D eigenvalue weighted by Crippen LogP contribution is -2.14. The van der Waals surface area contributed by atoms with Crippen LogP contribution in [0.5, 0.6) is 0 Å². The molecule has 3 rings (SSSR count). The molecule has 1 aromatic heterocycles. The van der Waals surface area contributed by atoms with E-state index in [1.807, 2.05) is 18.2 Å². The Morgan fingerprint density at radius 2 is 2.05 bits per heavy atom. The first kappa shape index (κ1) is 11.9. The Morgan fingerprint density at radius 3 is 2.84 bits per heavy atom. The van der Waals surface area contributed by atoms with E-state index in [2.05, 4.69) is 0 Å². The summed E-state index contributed by atoms with van der Waals surface area (Å²) in [4.78, 5) is 11.9. The molecule has 1 heterocycles. The molecule has 0 aliphatic rings. The van der Waals surface area contributed by atoms with E-state index >= 15 is 0 Å². The van der Waals surface area contributed by atoms with Crippen molar-refractivity contribution in [3.63, 3.8) is 0 Å². The maximum Gasteiger partial charge on any atom is 0.420 e. The standard InChI is InChI=1S/C14H11ClN2O2/c15-10-3-1-2-9(6-10)8-17-12-5-4-11(16)7-13(12)19-14(17)18/h1-7H,8,16H2. The molecule has 5 heteroatoms. The fourth-order valence-electron chi connectivity index (χ4n) is 2.05. The van der Waals surface area contributed by atoms with Gasteiger partial charge in [0.05, 0.1) is 12.1 Å². The molecule has 3 aromatic rings. The molecule has 0 aliphatic heterocycles. The minimum absolute atomic E-state index is 0.402. The average Bonchev–Trinajstić information content (AvgIpc) is 2.65. The summed E-state index contributed by atoms with van der Waals surface area (Å²) in [6.45, 7) is 0.413. The number of benzene rings is 2. The number of nitrogens with zero attached hydrogens (tertiary/aromatic N) is 1. The lowest BCUT2D eigenvalue weighted by molar-refractivity contribution is 0.518. The van der Waals surface area contributed by atoms with E-state index in [0.717, 1.165) is 11.1 Å². The van der Waals surface area contributed by atoms with Gasteiger partial charge in [0.1, 0.15) is 0 Å². The first-order valence-electron chi connectivity index (χ1n) is 5.77. The summed E-state index contributed by atoms with van der Waals surface area (Å²) in [5, 5.41) is 0.641. The highest BCUT2D eigenvalue weighted by Gasteiger charge is 2.09. The van der Waals surface area contributed by atoms with Gasteiger partial charge in [-0.3, -0.25) is 4.57 Å². The lowest BCUT2D eigenvalue weighted by atomic mass is 10.2. The van der Waals surface area contributed by atoms with Crippen molar-refractivity contribution in [2.45, 2.75) is 6.54 Å². The van der Waals surface area contributed by atoms with Crippen molar-refractivity contribution in [2.75, 3.05) is 5.73 Å². The molecule has 0 unspecified atom stereocenters. The second kappa shape index (κ2) is 4.48. The third-order valence-corrected chi connectivity index (χ3v) is 3.16. The van der Waals surface area contributed by atoms with E-state index in [0.29, 0.717) is 22.8 Å². The predicted molar refractivity (Wildman–Crippen MR) is 75.4 cm³/mol. The molecule has 0 saturated carbocycles. The maximum atomic E-state index is 11.9. The Kier molecular flexibility index (Phi) is 2.80. The van der Waals surface area contributed by atoms with Gasteiger partial charge in [-0.1, -0.05) is 23.7 Å². The van der Waals surface area contributed by atoms with Crippen LogP contribution in [0.15, 0.2) is 51.7 Å². The zero-order valence-electron chi connectivity index (χ0n) is 9.97. The van der Waals surface area contributed by atoms with E-state index in [-0.39, 0.29) is 0 Å². The second-order valence-corrected chi connectivity index (χ2v) is 4.75. The predicted octanol–water partition coefficient (Wildman–Crippen LogP) is 2.88. The first-order chi connectivity index (χ1) is 9.13. The largest absolute Gasteiger partial charge is 0.420 e. The molecule has 2 aromatic carbocycles. The lowest BCUT2D eigenvalue weighted by Gasteiger charge is -2.03. The fourth-order valence-corrected chi connectivity index (χ4v) is 2.26. The van der Waals surface area contributed by atoms with Gasteiger partial charge in [-0.25, -0.2) is 4.79 Å². The van der Waals surface area contributed by atoms with Crippen LogP contribution in [0, 0.1) is 0 Å². The summed E-state index contributed by atoms with van der Waals surface area (Å²) >= 11 is 5.94. The molecule has 0 aliphatic carbocycles. The highest BCUT2D eigenvalue weighted by atomic mass is 35.5. The number of oxazole rings is 1. The minimum Gasteiger partial charge on any atom is -0.408 e. The van der Waals surface area contributed by atoms with Gasteiger partial charge in [0.2, 0.25) is 0 Å². The molecule has 0 spiro atoms. The minimum atomic E-state index is -0.402. The van der Waals surface area contributed by atoms with Gasteiger partial charge in [0.25, 0.3) is 0 Å². The molecule has 0 fully saturated rings. The highest BCUT2D eigenvalue weighted by molar-refractivity contribution is 6.30. The number of aromatic nitrogens is 1. The molecular weight excluding hydrogens is 264 g/mol. The number of nitrogen functional groups attached to an aromatic ring is 1. The number of nitrogens with two attached hydrogens (primary N) is 1. The third kappa shape index (κ3) is 2.22. The van der Waals surface area contributed by atoms with Crippen molar-refractivity contribution < 1.29 is 4.42 Å². The zero-order chi connectivity index (χ0) is 13.4. The second-order valence-electron chi connectivity index (χ2n) is 4.31. The van der Waals surface area contributed by atoms with Crippen LogP contribution < -0.4 is 11.5 Å². The number of halogens is 1. The van der Waals surface area contributed by atoms with E-state index in [1.165, 1.54) is 0 Å². The topological polar surface area (TPSA) is 61.2 Å². The van der Waals surface area contributed by atoms with Crippen LogP contribution >= 0.6 is 11.6 Å². The number of rotatable bonds is 2. The normalized spacial score (nSPS) is 11.0. The Labute approximate surface area is 114 Å². The molecule has 0 atom stereocenters. The zero-order valence-corrected chi connectivity index (χ0v) is 10.7. The third-order valence-electron chi connectivity index (χ3n) is 2.92. The Morgan fingerprint density at radius 1 is 1.21 bits per heavy atom. The van der Waals surface area contributed by atoms with Crippen molar-refractivity contribution in [3.05, 3.63) is 63.6 Å². The quantitative estimate of drug-likeness (QED) is 0.731. The molecule has 2 N–H and O–H groups in total. The van der Waals surface area contributed by atoms with E-state index < -0.39 is 5.76 Å². The Bertz CT molecular complexity index is 805. The molecular formula is C14H11ClN2O2. The van der Waals surface area contributed by atoms with Crippen LogP contribution in [0.3, 0.4) is 0 Å². The summed E-state index contributed by atoms with van der Waals surface area (Å²) < 4.78 is 6.73. The maximum absolute atomic E-state index is 11.9. The van der Waals surface area contributed by atoms with Crippen molar-refractivity contribution in [3.8, 4) is 0 Å². The molecule has 0 amide bonds. The average molecular weight is 275 g/mol. The van der Waals surface area contributed by atoms with Crippen LogP contribution in [0.2, 0.25) is 5.02 Å². The van der Waals surface area contributed by atoms with Crippen LogP contribution in [-0.4, -0.2) is 4.57 Å². The van der Waals surface area contributed by atoms with E-state index in [9.17, 15) is 4.79 Å².